The minimum atomic E-state index is 0.264. The van der Waals surface area contributed by atoms with Gasteiger partial charge in [-0.1, -0.05) is 0 Å². The molecule has 1 rings (SSSR count). The fourth-order valence-electron chi connectivity index (χ4n) is 0.744. The van der Waals surface area contributed by atoms with Crippen molar-refractivity contribution in [3.63, 3.8) is 0 Å². The van der Waals surface area contributed by atoms with E-state index in [0.29, 0.717) is 0 Å². The average Bonchev–Trinajstić information content (AvgIpc) is 2.14. The molecule has 0 aromatic carbocycles. The molecule has 0 bridgehead atoms. The summed E-state index contributed by atoms with van der Waals surface area (Å²) in [4.78, 5) is 4.55. The van der Waals surface area contributed by atoms with Crippen molar-refractivity contribution in [2.75, 3.05) is 13.1 Å². The minimum absolute atomic E-state index is 0.264. The van der Waals surface area contributed by atoms with Crippen molar-refractivity contribution in [2.45, 2.75) is 12.5 Å². The van der Waals surface area contributed by atoms with Gasteiger partial charge in [0.15, 0.2) is 0 Å². The molecule has 3 N–H and O–H groups in total. The monoisotopic (exact) mass is 102 g/mol. The molecule has 1 heterocycles. The lowest BCUT2D eigenvalue weighted by Crippen LogP contribution is -2.19. The molecule has 1 saturated heterocycles. The Morgan fingerprint density at radius 3 is 2.86 bits per heavy atom. The molecule has 0 aromatic heterocycles. The topological polar surface area (TPSA) is 47.3 Å². The Balaban J connectivity index is 2.14. The third kappa shape index (κ3) is 1.12. The average molecular weight is 102 g/mol. The summed E-state index contributed by atoms with van der Waals surface area (Å²) < 4.78 is 0. The SMILES string of the molecule is NOC1CCNC1. The number of hydrogen-bond acceptors (Lipinski definition) is 3. The Labute approximate surface area is 42.8 Å². The Morgan fingerprint density at radius 1 is 1.71 bits per heavy atom. The van der Waals surface area contributed by atoms with E-state index in [2.05, 4.69) is 10.2 Å². The Kier molecular flexibility index (Phi) is 1.62. The molecule has 1 unspecified atom stereocenters. The van der Waals surface area contributed by atoms with Crippen LogP contribution in [0.15, 0.2) is 0 Å². The molecule has 0 aromatic rings. The number of hydrogen-bond donors (Lipinski definition) is 2. The van der Waals surface area contributed by atoms with Crippen molar-refractivity contribution in [1.29, 1.82) is 0 Å². The van der Waals surface area contributed by atoms with Gasteiger partial charge in [0, 0.05) is 6.54 Å². The molecule has 1 aliphatic heterocycles. The second kappa shape index (κ2) is 2.26. The first-order valence-electron chi connectivity index (χ1n) is 2.50. The molecule has 3 nitrogen and oxygen atoms in total. The highest BCUT2D eigenvalue weighted by Gasteiger charge is 2.12. The molecular formula is C4H10N2O. The van der Waals surface area contributed by atoms with Gasteiger partial charge in [0.2, 0.25) is 0 Å². The van der Waals surface area contributed by atoms with E-state index in [-0.39, 0.29) is 6.10 Å². The zero-order valence-corrected chi connectivity index (χ0v) is 4.18. The van der Waals surface area contributed by atoms with Gasteiger partial charge in [-0.25, -0.2) is 5.90 Å². The number of rotatable bonds is 1. The van der Waals surface area contributed by atoms with E-state index in [4.69, 9.17) is 5.90 Å². The maximum absolute atomic E-state index is 4.89. The molecule has 1 fully saturated rings. The van der Waals surface area contributed by atoms with Gasteiger partial charge in [0.05, 0.1) is 6.10 Å². The van der Waals surface area contributed by atoms with Gasteiger partial charge in [-0.15, -0.1) is 0 Å². The van der Waals surface area contributed by atoms with E-state index in [1.807, 2.05) is 0 Å². The molecule has 0 aliphatic carbocycles. The van der Waals surface area contributed by atoms with Crippen LogP contribution >= 0.6 is 0 Å². The van der Waals surface area contributed by atoms with Crippen LogP contribution in [0, 0.1) is 0 Å². The van der Waals surface area contributed by atoms with Gasteiger partial charge in [0.1, 0.15) is 0 Å². The summed E-state index contributed by atoms with van der Waals surface area (Å²) in [6.07, 6.45) is 1.32. The molecule has 7 heavy (non-hydrogen) atoms. The molecule has 0 radical (unpaired) electrons. The van der Waals surface area contributed by atoms with Crippen LogP contribution in [0.5, 0.6) is 0 Å². The number of nitrogens with one attached hydrogen (secondary N) is 1. The first-order valence-corrected chi connectivity index (χ1v) is 2.50. The zero-order chi connectivity index (χ0) is 5.11. The lowest BCUT2D eigenvalue weighted by molar-refractivity contribution is 0.0678. The summed E-state index contributed by atoms with van der Waals surface area (Å²) in [5.41, 5.74) is 0. The van der Waals surface area contributed by atoms with Gasteiger partial charge in [0.25, 0.3) is 0 Å². The van der Waals surface area contributed by atoms with Crippen molar-refractivity contribution >= 4 is 0 Å². The largest absolute Gasteiger partial charge is 0.314 e. The molecule has 0 spiro atoms. The Hall–Kier alpha value is -0.120. The summed E-state index contributed by atoms with van der Waals surface area (Å²) in [5, 5.41) is 3.12. The van der Waals surface area contributed by atoms with Gasteiger partial charge in [-0.3, -0.25) is 4.84 Å². The molecule has 1 atom stereocenters. The van der Waals surface area contributed by atoms with E-state index >= 15 is 0 Å². The van der Waals surface area contributed by atoms with Crippen LogP contribution in [0.4, 0.5) is 0 Å². The van der Waals surface area contributed by atoms with Crippen molar-refractivity contribution in [2.24, 2.45) is 5.90 Å². The summed E-state index contributed by atoms with van der Waals surface area (Å²) in [5.74, 6) is 4.89. The molecule has 42 valence electrons. The molecule has 3 heteroatoms. The van der Waals surface area contributed by atoms with Crippen molar-refractivity contribution in [3.05, 3.63) is 0 Å². The molecule has 0 amide bonds. The van der Waals surface area contributed by atoms with E-state index in [0.717, 1.165) is 19.5 Å². The fraction of sp³-hybridized carbons (Fsp3) is 1.00. The van der Waals surface area contributed by atoms with Crippen molar-refractivity contribution in [3.8, 4) is 0 Å². The Morgan fingerprint density at radius 2 is 2.57 bits per heavy atom. The van der Waals surface area contributed by atoms with Crippen LogP contribution in [-0.4, -0.2) is 19.2 Å². The zero-order valence-electron chi connectivity index (χ0n) is 4.18. The summed E-state index contributed by atoms with van der Waals surface area (Å²) in [6, 6.07) is 0. The van der Waals surface area contributed by atoms with Crippen LogP contribution < -0.4 is 11.2 Å². The summed E-state index contributed by atoms with van der Waals surface area (Å²) >= 11 is 0. The van der Waals surface area contributed by atoms with E-state index in [1.165, 1.54) is 0 Å². The molecular weight excluding hydrogens is 92.1 g/mol. The predicted molar refractivity (Wildman–Crippen MR) is 26.5 cm³/mol. The molecule has 1 aliphatic rings. The second-order valence-corrected chi connectivity index (χ2v) is 1.75. The Bertz CT molecular complexity index is 51.7. The fourth-order valence-corrected chi connectivity index (χ4v) is 0.744. The van der Waals surface area contributed by atoms with Gasteiger partial charge < -0.3 is 5.32 Å². The maximum Gasteiger partial charge on any atom is 0.0923 e. The van der Waals surface area contributed by atoms with Crippen LogP contribution in [-0.2, 0) is 4.84 Å². The van der Waals surface area contributed by atoms with E-state index in [1.54, 1.807) is 0 Å². The lowest BCUT2D eigenvalue weighted by atomic mass is 10.3. The lowest BCUT2D eigenvalue weighted by Gasteiger charge is -2.00. The van der Waals surface area contributed by atoms with Crippen LogP contribution in [0.1, 0.15) is 6.42 Å². The van der Waals surface area contributed by atoms with Crippen LogP contribution in [0.2, 0.25) is 0 Å². The second-order valence-electron chi connectivity index (χ2n) is 1.75. The summed E-state index contributed by atoms with van der Waals surface area (Å²) in [7, 11) is 0. The highest BCUT2D eigenvalue weighted by Crippen LogP contribution is 1.97. The first kappa shape index (κ1) is 5.03. The van der Waals surface area contributed by atoms with Gasteiger partial charge in [-0.2, -0.15) is 0 Å². The molecule has 0 saturated carbocycles. The number of nitrogens with two attached hydrogens (primary N) is 1. The normalized spacial score (nSPS) is 31.3. The van der Waals surface area contributed by atoms with Crippen LogP contribution in [0.25, 0.3) is 0 Å². The van der Waals surface area contributed by atoms with Gasteiger partial charge >= 0.3 is 0 Å². The third-order valence-corrected chi connectivity index (χ3v) is 1.21. The third-order valence-electron chi connectivity index (χ3n) is 1.21. The quantitative estimate of drug-likeness (QED) is 0.428. The van der Waals surface area contributed by atoms with Gasteiger partial charge in [-0.05, 0) is 13.0 Å². The van der Waals surface area contributed by atoms with Crippen molar-refractivity contribution in [1.82, 2.24) is 5.32 Å². The maximum atomic E-state index is 4.89. The van der Waals surface area contributed by atoms with Crippen LogP contribution in [0.3, 0.4) is 0 Å². The highest BCUT2D eigenvalue weighted by molar-refractivity contribution is 4.69. The predicted octanol–water partition coefficient (Wildman–Crippen LogP) is -0.761. The smallest absolute Gasteiger partial charge is 0.0923 e. The highest BCUT2D eigenvalue weighted by atomic mass is 16.6. The standard InChI is InChI=1S/C4H10N2O/c5-7-4-1-2-6-3-4/h4,6H,1-3,5H2. The van der Waals surface area contributed by atoms with E-state index in [9.17, 15) is 0 Å². The van der Waals surface area contributed by atoms with Crippen molar-refractivity contribution < 1.29 is 4.84 Å². The van der Waals surface area contributed by atoms with E-state index < -0.39 is 0 Å². The first-order chi connectivity index (χ1) is 3.43. The summed E-state index contributed by atoms with van der Waals surface area (Å²) in [6.45, 7) is 1.96. The minimum Gasteiger partial charge on any atom is -0.314 e.